The highest BCUT2D eigenvalue weighted by molar-refractivity contribution is 6.18. The highest BCUT2D eigenvalue weighted by Gasteiger charge is 2.38. The predicted molar refractivity (Wildman–Crippen MR) is 304 cm³/mol. The Balaban J connectivity index is 1.27. The molecule has 0 saturated carbocycles. The smallest absolute Gasteiger partial charge is 0.307 e. The van der Waals surface area contributed by atoms with Crippen LogP contribution in [0.1, 0.15) is 27.8 Å². The van der Waals surface area contributed by atoms with Gasteiger partial charge in [-0.1, -0.05) is 109 Å². The van der Waals surface area contributed by atoms with Gasteiger partial charge in [0.15, 0.2) is 0 Å². The zero-order valence-electron chi connectivity index (χ0n) is 42.8. The lowest BCUT2D eigenvalue weighted by molar-refractivity contribution is -0.138. The van der Waals surface area contributed by atoms with Crippen LogP contribution < -0.4 is 0 Å². The van der Waals surface area contributed by atoms with Gasteiger partial charge >= 0.3 is 24.7 Å². The molecule has 0 amide bonds. The molecule has 0 N–H and O–H groups in total. The molecule has 4 aromatic heterocycles. The van der Waals surface area contributed by atoms with E-state index in [9.17, 15) is 5.26 Å². The molecule has 11 aromatic carbocycles. The number of nitrogens with zero attached hydrogens (tertiary/aromatic N) is 5. The fourth-order valence-corrected chi connectivity index (χ4v) is 12.6. The molecule has 0 aliphatic carbocycles. The van der Waals surface area contributed by atoms with Crippen molar-refractivity contribution in [1.29, 1.82) is 5.26 Å². The van der Waals surface area contributed by atoms with Crippen LogP contribution in [0.15, 0.2) is 200 Å². The molecule has 17 heteroatoms. The van der Waals surface area contributed by atoms with E-state index in [1.807, 2.05) is 72.8 Å². The van der Waals surface area contributed by atoms with Gasteiger partial charge in [-0.15, -0.1) is 0 Å². The highest BCUT2D eigenvalue weighted by atomic mass is 19.4. The molecule has 0 atom stereocenters. The number of hydrogen-bond donors (Lipinski definition) is 0. The number of benzene rings is 11. The van der Waals surface area contributed by atoms with E-state index in [4.69, 9.17) is 0 Å². The molecule has 0 bridgehead atoms. The SMILES string of the molecule is N#Cc1c(-n2c3ccccc3c3cc4ccccc4cc32)c(-n2c3cc(C(F)(F)F)ccc3c3ccc(C(F)(F)F)cc32)cc(-n2c3cc(C(F)(F)F)ccc3c3ccc(C(F)(F)F)cc32)c1-n1c2ccccc2c2cc3ccccc3cc21. The Labute approximate surface area is 464 Å². The Kier molecular flexibility index (Phi) is 10.5. The van der Waals surface area contributed by atoms with Crippen molar-refractivity contribution in [3.8, 4) is 28.8 Å². The van der Waals surface area contributed by atoms with E-state index in [0.717, 1.165) is 83.6 Å². The summed E-state index contributed by atoms with van der Waals surface area (Å²) in [7, 11) is 0. The maximum absolute atomic E-state index is 15.2. The molecule has 15 aromatic rings. The van der Waals surface area contributed by atoms with Crippen molar-refractivity contribution in [1.82, 2.24) is 18.3 Å². The highest BCUT2D eigenvalue weighted by Crippen LogP contribution is 2.50. The Morgan fingerprint density at radius 3 is 0.845 bits per heavy atom. The third kappa shape index (κ3) is 7.45. The summed E-state index contributed by atoms with van der Waals surface area (Å²) in [5.74, 6) is 0. The molecule has 0 fully saturated rings. The van der Waals surface area contributed by atoms with Crippen molar-refractivity contribution in [3.63, 3.8) is 0 Å². The van der Waals surface area contributed by atoms with Crippen molar-refractivity contribution in [3.05, 3.63) is 228 Å². The van der Waals surface area contributed by atoms with Gasteiger partial charge in [0.25, 0.3) is 0 Å². The number of fused-ring (bicyclic) bond motifs is 14. The van der Waals surface area contributed by atoms with Crippen LogP contribution in [-0.2, 0) is 24.7 Å². The molecule has 0 unspecified atom stereocenters. The van der Waals surface area contributed by atoms with Crippen molar-refractivity contribution in [2.75, 3.05) is 0 Å². The second kappa shape index (κ2) is 17.4. The number of alkyl halides is 12. The summed E-state index contributed by atoms with van der Waals surface area (Å²) >= 11 is 0. The molecule has 0 radical (unpaired) electrons. The Morgan fingerprint density at radius 2 is 0.536 bits per heavy atom. The van der Waals surface area contributed by atoms with Gasteiger partial charge in [0, 0.05) is 43.1 Å². The van der Waals surface area contributed by atoms with Gasteiger partial charge in [-0.2, -0.15) is 57.9 Å². The maximum atomic E-state index is 15.2. The number of halogens is 12. The minimum atomic E-state index is -5.02. The number of aromatic nitrogens is 4. The Morgan fingerprint density at radius 1 is 0.262 bits per heavy atom. The minimum absolute atomic E-state index is 0.0470. The summed E-state index contributed by atoms with van der Waals surface area (Å²) < 4.78 is 188. The predicted octanol–water partition coefficient (Wildman–Crippen LogP) is 20.3. The zero-order valence-corrected chi connectivity index (χ0v) is 42.8. The van der Waals surface area contributed by atoms with Gasteiger partial charge < -0.3 is 18.3 Å². The number of hydrogen-bond acceptors (Lipinski definition) is 1. The molecule has 0 aliphatic rings. The third-order valence-corrected chi connectivity index (χ3v) is 16.2. The summed E-state index contributed by atoms with van der Waals surface area (Å²) in [5.41, 5.74) is -5.34. The van der Waals surface area contributed by atoms with Crippen LogP contribution in [0.2, 0.25) is 0 Å². The molecular weight excluding hydrogens is 1100 g/mol. The largest absolute Gasteiger partial charge is 0.416 e. The lowest BCUT2D eigenvalue weighted by atomic mass is 10.0. The van der Waals surface area contributed by atoms with E-state index in [1.54, 1.807) is 57.7 Å². The second-order valence-corrected chi connectivity index (χ2v) is 20.8. The molecule has 0 saturated heterocycles. The Hall–Kier alpha value is -10.2. The lowest BCUT2D eigenvalue weighted by Crippen LogP contribution is -2.14. The van der Waals surface area contributed by atoms with Crippen molar-refractivity contribution in [2.45, 2.75) is 24.7 Å². The zero-order chi connectivity index (χ0) is 58.1. The number of rotatable bonds is 4. The summed E-state index contributed by atoms with van der Waals surface area (Å²) in [5, 5.41) is 18.2. The first-order valence-electron chi connectivity index (χ1n) is 26.1. The van der Waals surface area contributed by atoms with Gasteiger partial charge in [0.05, 0.1) is 89.1 Å². The van der Waals surface area contributed by atoms with Crippen LogP contribution in [0.4, 0.5) is 52.7 Å². The van der Waals surface area contributed by atoms with Crippen molar-refractivity contribution >= 4 is 109 Å². The number of para-hydroxylation sites is 2. The summed E-state index contributed by atoms with van der Waals surface area (Å²) in [6, 6.07) is 51.0. The van der Waals surface area contributed by atoms with E-state index in [1.165, 1.54) is 15.2 Å². The Bertz CT molecular complexity index is 4940. The molecule has 84 heavy (non-hydrogen) atoms. The van der Waals surface area contributed by atoms with Gasteiger partial charge in [-0.05, 0) is 113 Å². The van der Waals surface area contributed by atoms with E-state index in [-0.39, 0.29) is 71.9 Å². The first kappa shape index (κ1) is 50.7. The van der Waals surface area contributed by atoms with E-state index < -0.39 is 47.0 Å². The molecule has 4 heterocycles. The summed E-state index contributed by atoms with van der Waals surface area (Å²) in [6.45, 7) is 0. The monoisotopic (exact) mass is 1140 g/mol. The molecule has 410 valence electrons. The van der Waals surface area contributed by atoms with E-state index in [0.29, 0.717) is 54.4 Å². The van der Waals surface area contributed by atoms with Crippen LogP contribution in [0, 0.1) is 11.3 Å². The van der Waals surface area contributed by atoms with Crippen LogP contribution >= 0.6 is 0 Å². The fourth-order valence-electron chi connectivity index (χ4n) is 12.6. The lowest BCUT2D eigenvalue weighted by Gasteiger charge is -2.25. The standard InChI is InChI=1S/C67H33F12N5/c68-64(69,70)39-17-21-45-46-22-18-40(65(71,72)73)30-57(46)81(56(45)29-39)60-33-61(82-58-31-41(66(74,75)76)19-23-47(58)48-24-20-42(32-59(48)82)67(77,78)79)63(84-53-16-8-6-14-44(53)50-26-36-10-2-4-12-38(36)28-55(50)84)51(34-80)62(60)83-52-15-7-5-13-43(52)49-25-35-9-1-3-11-37(35)27-54(49)83/h1-33H. The van der Waals surface area contributed by atoms with E-state index >= 15 is 52.7 Å². The molecule has 15 rings (SSSR count). The average molecular weight is 1140 g/mol. The first-order chi connectivity index (χ1) is 40.2. The van der Waals surface area contributed by atoms with Gasteiger partial charge in [0.2, 0.25) is 0 Å². The summed E-state index contributed by atoms with van der Waals surface area (Å²) in [6.07, 6.45) is -20.1. The normalized spacial score (nSPS) is 13.0. The summed E-state index contributed by atoms with van der Waals surface area (Å²) in [4.78, 5) is 0. The van der Waals surface area contributed by atoms with Crippen LogP contribution in [-0.4, -0.2) is 18.3 Å². The molecule has 0 spiro atoms. The van der Waals surface area contributed by atoms with Gasteiger partial charge in [0.1, 0.15) is 11.6 Å². The van der Waals surface area contributed by atoms with E-state index in [2.05, 4.69) is 6.07 Å². The van der Waals surface area contributed by atoms with Crippen molar-refractivity contribution < 1.29 is 52.7 Å². The first-order valence-corrected chi connectivity index (χ1v) is 26.1. The molecular formula is C67H33F12N5. The topological polar surface area (TPSA) is 43.5 Å². The minimum Gasteiger partial charge on any atom is -0.307 e. The van der Waals surface area contributed by atoms with Gasteiger partial charge in [-0.3, -0.25) is 0 Å². The quantitative estimate of drug-likeness (QED) is 0.162. The van der Waals surface area contributed by atoms with Crippen LogP contribution in [0.25, 0.3) is 132 Å². The maximum Gasteiger partial charge on any atom is 0.416 e. The molecule has 0 aliphatic heterocycles. The van der Waals surface area contributed by atoms with Gasteiger partial charge in [-0.25, -0.2) is 0 Å². The van der Waals surface area contributed by atoms with Crippen LogP contribution in [0.5, 0.6) is 0 Å². The number of nitriles is 1. The fraction of sp³-hybridized carbons (Fsp3) is 0.0597. The average Bonchev–Trinajstić information content (AvgIpc) is 1.57. The van der Waals surface area contributed by atoms with Crippen LogP contribution in [0.3, 0.4) is 0 Å². The van der Waals surface area contributed by atoms with Crippen molar-refractivity contribution in [2.24, 2.45) is 0 Å². The second-order valence-electron chi connectivity index (χ2n) is 20.8. The molecule has 5 nitrogen and oxygen atoms in total. The third-order valence-electron chi connectivity index (χ3n) is 16.2.